The predicted octanol–water partition coefficient (Wildman–Crippen LogP) is -1.78. The van der Waals surface area contributed by atoms with Gasteiger partial charge in [0.25, 0.3) is 0 Å². The van der Waals surface area contributed by atoms with Crippen LogP contribution in [0.5, 0.6) is 0 Å². The molecule has 1 rings (SSSR count). The van der Waals surface area contributed by atoms with Gasteiger partial charge in [-0.3, -0.25) is 10.2 Å². The average molecular weight is 172 g/mol. The lowest BCUT2D eigenvalue weighted by atomic mass is 10.2. The largest absolute Gasteiger partial charge is 0.368 e. The minimum Gasteiger partial charge on any atom is -0.368 e. The molecule has 1 aliphatic heterocycles. The predicted molar refractivity (Wildman–Crippen MR) is 46.2 cm³/mol. The molecule has 1 heterocycles. The van der Waals surface area contributed by atoms with Gasteiger partial charge in [0, 0.05) is 19.6 Å². The van der Waals surface area contributed by atoms with Crippen molar-refractivity contribution in [2.24, 2.45) is 5.73 Å². The van der Waals surface area contributed by atoms with Crippen LogP contribution in [0.1, 0.15) is 0 Å². The van der Waals surface area contributed by atoms with E-state index in [0.717, 1.165) is 13.1 Å². The molecule has 5 heteroatoms. The zero-order valence-electron chi connectivity index (χ0n) is 7.58. The Balaban J connectivity index is 2.58. The molecule has 70 valence electrons. The zero-order chi connectivity index (χ0) is 9.14. The fraction of sp³-hybridized carbons (Fsp3) is 0.857. The molecule has 0 saturated carbocycles. The molecule has 1 saturated heterocycles. The van der Waals surface area contributed by atoms with Crippen LogP contribution in [0.4, 0.5) is 0 Å². The summed E-state index contributed by atoms with van der Waals surface area (Å²) in [5.41, 5.74) is 8.21. The highest BCUT2D eigenvalue weighted by atomic mass is 16.1. The first-order valence-electron chi connectivity index (χ1n) is 4.07. The maximum atomic E-state index is 11.0. The van der Waals surface area contributed by atoms with E-state index in [1.54, 1.807) is 7.05 Å². The molecule has 0 bridgehead atoms. The van der Waals surface area contributed by atoms with Crippen molar-refractivity contribution in [3.63, 3.8) is 0 Å². The summed E-state index contributed by atoms with van der Waals surface area (Å²) in [5.74, 6) is -0.268. The number of nitrogens with zero attached hydrogens (tertiary/aromatic N) is 2. The number of rotatable bonds is 2. The molecule has 0 aromatic rings. The van der Waals surface area contributed by atoms with Crippen LogP contribution in [0.15, 0.2) is 0 Å². The minimum atomic E-state index is -0.268. The fourth-order valence-corrected chi connectivity index (χ4v) is 1.43. The van der Waals surface area contributed by atoms with Gasteiger partial charge in [0.1, 0.15) is 6.04 Å². The van der Waals surface area contributed by atoms with E-state index < -0.39 is 0 Å². The lowest BCUT2D eigenvalue weighted by Gasteiger charge is -2.37. The van der Waals surface area contributed by atoms with Crippen LogP contribution in [0.25, 0.3) is 0 Å². The standard InChI is InChI=1S/C7H16N4O/c1-9-11-4-3-10(2)5-6(11)7(8)12/h6,9H,3-5H2,1-2H3,(H2,8,12)/t6-/m1/s1. The van der Waals surface area contributed by atoms with Gasteiger partial charge >= 0.3 is 0 Å². The van der Waals surface area contributed by atoms with Crippen molar-refractivity contribution in [2.75, 3.05) is 33.7 Å². The molecule has 1 amide bonds. The van der Waals surface area contributed by atoms with Crippen molar-refractivity contribution in [1.82, 2.24) is 15.3 Å². The van der Waals surface area contributed by atoms with Crippen LogP contribution in [0, 0.1) is 0 Å². The summed E-state index contributed by atoms with van der Waals surface area (Å²) in [4.78, 5) is 13.1. The van der Waals surface area contributed by atoms with Gasteiger partial charge in [0.15, 0.2) is 0 Å². The van der Waals surface area contributed by atoms with Gasteiger partial charge < -0.3 is 10.6 Å². The monoisotopic (exact) mass is 172 g/mol. The van der Waals surface area contributed by atoms with Gasteiger partial charge in [-0.1, -0.05) is 0 Å². The Hall–Kier alpha value is -0.650. The Morgan fingerprint density at radius 3 is 2.75 bits per heavy atom. The number of primary amides is 1. The Labute approximate surface area is 72.5 Å². The molecular weight excluding hydrogens is 156 g/mol. The summed E-state index contributed by atoms with van der Waals surface area (Å²) >= 11 is 0. The Bertz CT molecular complexity index is 173. The number of nitrogens with one attached hydrogen (secondary N) is 1. The average Bonchev–Trinajstić information content (AvgIpc) is 2.04. The smallest absolute Gasteiger partial charge is 0.237 e. The third-order valence-electron chi connectivity index (χ3n) is 2.20. The number of carbonyl (C=O) groups excluding carboxylic acids is 1. The molecule has 1 aliphatic rings. The molecule has 0 radical (unpaired) electrons. The van der Waals surface area contributed by atoms with Crippen LogP contribution in [0.2, 0.25) is 0 Å². The number of likely N-dealkylation sites (N-methyl/N-ethyl adjacent to an activating group) is 1. The van der Waals surface area contributed by atoms with Crippen molar-refractivity contribution in [3.8, 4) is 0 Å². The number of amides is 1. The molecule has 1 atom stereocenters. The highest BCUT2D eigenvalue weighted by Gasteiger charge is 2.28. The fourth-order valence-electron chi connectivity index (χ4n) is 1.43. The third kappa shape index (κ3) is 1.94. The summed E-state index contributed by atoms with van der Waals surface area (Å²) in [5, 5.41) is 1.88. The van der Waals surface area contributed by atoms with E-state index in [4.69, 9.17) is 5.73 Å². The van der Waals surface area contributed by atoms with E-state index in [1.807, 2.05) is 12.1 Å². The summed E-state index contributed by atoms with van der Waals surface area (Å²) in [6.45, 7) is 2.50. The first-order chi connectivity index (χ1) is 5.65. The van der Waals surface area contributed by atoms with Gasteiger partial charge in [-0.2, -0.15) is 0 Å². The number of piperazine rings is 1. The number of hydrogen-bond acceptors (Lipinski definition) is 4. The molecule has 0 aliphatic carbocycles. The molecule has 5 nitrogen and oxygen atoms in total. The molecule has 12 heavy (non-hydrogen) atoms. The molecular formula is C7H16N4O. The quantitative estimate of drug-likeness (QED) is 0.517. The highest BCUT2D eigenvalue weighted by molar-refractivity contribution is 5.80. The van der Waals surface area contributed by atoms with Gasteiger partial charge in [-0.25, -0.2) is 5.01 Å². The number of hydrazine groups is 1. The number of hydrogen-bond donors (Lipinski definition) is 2. The van der Waals surface area contributed by atoms with Crippen LogP contribution < -0.4 is 11.2 Å². The van der Waals surface area contributed by atoms with Crippen molar-refractivity contribution >= 4 is 5.91 Å². The number of nitrogens with two attached hydrogens (primary N) is 1. The van der Waals surface area contributed by atoms with Crippen LogP contribution in [-0.2, 0) is 4.79 Å². The molecule has 0 spiro atoms. The Morgan fingerprint density at radius 2 is 2.25 bits per heavy atom. The van der Waals surface area contributed by atoms with Crippen LogP contribution >= 0.6 is 0 Å². The van der Waals surface area contributed by atoms with E-state index in [9.17, 15) is 4.79 Å². The van der Waals surface area contributed by atoms with Gasteiger partial charge in [0.05, 0.1) is 0 Å². The van der Waals surface area contributed by atoms with E-state index in [-0.39, 0.29) is 11.9 Å². The van der Waals surface area contributed by atoms with Gasteiger partial charge in [0.2, 0.25) is 5.91 Å². The lowest BCUT2D eigenvalue weighted by molar-refractivity contribution is -0.126. The summed E-state index contributed by atoms with van der Waals surface area (Å²) in [7, 11) is 3.80. The maximum absolute atomic E-state index is 11.0. The van der Waals surface area contributed by atoms with Crippen molar-refractivity contribution < 1.29 is 4.79 Å². The van der Waals surface area contributed by atoms with E-state index in [0.29, 0.717) is 6.54 Å². The lowest BCUT2D eigenvalue weighted by Crippen LogP contribution is -2.60. The second kappa shape index (κ2) is 3.84. The first kappa shape index (κ1) is 9.44. The normalized spacial score (nSPS) is 27.3. The third-order valence-corrected chi connectivity index (χ3v) is 2.20. The van der Waals surface area contributed by atoms with Crippen molar-refractivity contribution in [3.05, 3.63) is 0 Å². The van der Waals surface area contributed by atoms with Gasteiger partial charge in [-0.05, 0) is 14.1 Å². The molecule has 0 aromatic heterocycles. The van der Waals surface area contributed by atoms with E-state index in [2.05, 4.69) is 10.3 Å². The SMILES string of the molecule is CNN1CCN(C)C[C@@H]1C(N)=O. The topological polar surface area (TPSA) is 61.6 Å². The minimum absolute atomic E-state index is 0.200. The Kier molecular flexibility index (Phi) is 3.02. The summed E-state index contributed by atoms with van der Waals surface area (Å²) in [6.07, 6.45) is 0. The summed E-state index contributed by atoms with van der Waals surface area (Å²) < 4.78 is 0. The molecule has 3 N–H and O–H groups in total. The van der Waals surface area contributed by atoms with Crippen LogP contribution in [-0.4, -0.2) is 55.6 Å². The van der Waals surface area contributed by atoms with Crippen LogP contribution in [0.3, 0.4) is 0 Å². The second-order valence-electron chi connectivity index (χ2n) is 3.10. The van der Waals surface area contributed by atoms with Crippen molar-refractivity contribution in [1.29, 1.82) is 0 Å². The van der Waals surface area contributed by atoms with E-state index >= 15 is 0 Å². The second-order valence-corrected chi connectivity index (χ2v) is 3.10. The molecule has 0 aromatic carbocycles. The Morgan fingerprint density at radius 1 is 1.58 bits per heavy atom. The zero-order valence-corrected chi connectivity index (χ0v) is 7.58. The first-order valence-corrected chi connectivity index (χ1v) is 4.07. The highest BCUT2D eigenvalue weighted by Crippen LogP contribution is 2.04. The van der Waals surface area contributed by atoms with Crippen molar-refractivity contribution in [2.45, 2.75) is 6.04 Å². The van der Waals surface area contributed by atoms with Gasteiger partial charge in [-0.15, -0.1) is 0 Å². The maximum Gasteiger partial charge on any atom is 0.237 e. The molecule has 0 unspecified atom stereocenters. The number of carbonyl (C=O) groups is 1. The summed E-state index contributed by atoms with van der Waals surface area (Å²) in [6, 6.07) is -0.200. The molecule has 1 fully saturated rings. The van der Waals surface area contributed by atoms with E-state index in [1.165, 1.54) is 0 Å².